The van der Waals surface area contributed by atoms with E-state index in [-0.39, 0.29) is 12.1 Å². The minimum Gasteiger partial charge on any atom is -0.487 e. The lowest BCUT2D eigenvalue weighted by atomic mass is 10.3. The van der Waals surface area contributed by atoms with Gasteiger partial charge in [-0.2, -0.15) is 10.1 Å². The van der Waals surface area contributed by atoms with Crippen molar-refractivity contribution in [1.82, 2.24) is 24.6 Å². The Kier molecular flexibility index (Phi) is 3.67. The van der Waals surface area contributed by atoms with Gasteiger partial charge in [-0.1, -0.05) is 0 Å². The van der Waals surface area contributed by atoms with Crippen molar-refractivity contribution in [1.29, 1.82) is 0 Å². The summed E-state index contributed by atoms with van der Waals surface area (Å²) >= 11 is 0. The summed E-state index contributed by atoms with van der Waals surface area (Å²) in [5.41, 5.74) is 0. The molecule has 1 aliphatic heterocycles. The third-order valence-electron chi connectivity index (χ3n) is 3.30. The number of hydrogen-bond donors (Lipinski definition) is 1. The molecule has 21 heavy (non-hydrogen) atoms. The Morgan fingerprint density at radius 3 is 3.14 bits per heavy atom. The van der Waals surface area contributed by atoms with Crippen LogP contribution in [0.5, 0.6) is 5.75 Å². The Balaban J connectivity index is 1.54. The van der Waals surface area contributed by atoms with E-state index in [0.29, 0.717) is 19.0 Å². The molecule has 8 nitrogen and oxygen atoms in total. The van der Waals surface area contributed by atoms with Gasteiger partial charge < -0.3 is 9.64 Å². The third kappa shape index (κ3) is 3.10. The van der Waals surface area contributed by atoms with E-state index in [4.69, 9.17) is 4.74 Å². The highest BCUT2D eigenvalue weighted by Gasteiger charge is 2.28. The highest BCUT2D eigenvalue weighted by atomic mass is 16.5. The minimum absolute atomic E-state index is 0.0144. The van der Waals surface area contributed by atoms with Crippen LogP contribution in [0.15, 0.2) is 30.9 Å². The second-order valence-corrected chi connectivity index (χ2v) is 4.80. The maximum atomic E-state index is 12.1. The van der Waals surface area contributed by atoms with Crippen LogP contribution in [0.3, 0.4) is 0 Å². The van der Waals surface area contributed by atoms with Crippen molar-refractivity contribution in [2.75, 3.05) is 18.4 Å². The maximum Gasteiger partial charge on any atom is 0.324 e. The van der Waals surface area contributed by atoms with Crippen molar-refractivity contribution >= 4 is 12.0 Å². The fourth-order valence-electron chi connectivity index (χ4n) is 2.20. The molecule has 2 aromatic heterocycles. The van der Waals surface area contributed by atoms with E-state index in [1.165, 1.54) is 11.0 Å². The molecule has 2 aromatic rings. The highest BCUT2D eigenvalue weighted by molar-refractivity contribution is 5.87. The van der Waals surface area contributed by atoms with E-state index < -0.39 is 0 Å². The predicted molar refractivity (Wildman–Crippen MR) is 74.9 cm³/mol. The number of likely N-dealkylation sites (tertiary alicyclic amines) is 1. The smallest absolute Gasteiger partial charge is 0.324 e. The summed E-state index contributed by atoms with van der Waals surface area (Å²) in [6.45, 7) is 1.19. The number of carbonyl (C=O) groups excluding carboxylic acids is 1. The zero-order valence-electron chi connectivity index (χ0n) is 11.6. The second kappa shape index (κ2) is 5.78. The van der Waals surface area contributed by atoms with Crippen molar-refractivity contribution in [3.63, 3.8) is 0 Å². The molecule has 0 saturated carbocycles. The Morgan fingerprint density at radius 2 is 2.43 bits per heavy atom. The van der Waals surface area contributed by atoms with Gasteiger partial charge in [-0.05, 0) is 12.1 Å². The summed E-state index contributed by atoms with van der Waals surface area (Å²) in [7, 11) is 1.72. The van der Waals surface area contributed by atoms with Gasteiger partial charge in [0.05, 0.1) is 12.7 Å². The normalized spacial score (nSPS) is 17.8. The summed E-state index contributed by atoms with van der Waals surface area (Å²) in [6.07, 6.45) is 5.54. The molecule has 2 amide bonds. The van der Waals surface area contributed by atoms with Gasteiger partial charge in [-0.15, -0.1) is 0 Å². The molecule has 8 heteroatoms. The Hall–Kier alpha value is -2.64. The molecule has 1 fully saturated rings. The fraction of sp³-hybridized carbons (Fsp3) is 0.385. The van der Waals surface area contributed by atoms with E-state index in [1.54, 1.807) is 24.3 Å². The van der Waals surface area contributed by atoms with Gasteiger partial charge in [0.15, 0.2) is 0 Å². The number of aromatic nitrogens is 4. The number of amides is 2. The quantitative estimate of drug-likeness (QED) is 0.906. The summed E-state index contributed by atoms with van der Waals surface area (Å²) in [5, 5.41) is 6.63. The summed E-state index contributed by atoms with van der Waals surface area (Å²) in [6, 6.07) is 3.49. The van der Waals surface area contributed by atoms with Crippen molar-refractivity contribution < 1.29 is 9.53 Å². The number of nitrogens with zero attached hydrogens (tertiary/aromatic N) is 5. The molecule has 0 aromatic carbocycles. The van der Waals surface area contributed by atoms with Gasteiger partial charge in [-0.3, -0.25) is 10.3 Å². The molecule has 1 aliphatic rings. The first-order valence-electron chi connectivity index (χ1n) is 6.69. The number of nitrogens with one attached hydrogen (secondary N) is 1. The van der Waals surface area contributed by atoms with Crippen molar-refractivity contribution in [3.8, 4) is 5.75 Å². The number of urea groups is 1. The monoisotopic (exact) mass is 288 g/mol. The van der Waals surface area contributed by atoms with Gasteiger partial charge >= 0.3 is 6.03 Å². The summed E-state index contributed by atoms with van der Waals surface area (Å²) in [5.74, 6) is 1.15. The van der Waals surface area contributed by atoms with Gasteiger partial charge in [0.2, 0.25) is 5.95 Å². The molecule has 1 saturated heterocycles. The van der Waals surface area contributed by atoms with Crippen LogP contribution in [0, 0.1) is 0 Å². The van der Waals surface area contributed by atoms with E-state index in [9.17, 15) is 4.79 Å². The molecule has 1 atom stereocenters. The molecule has 110 valence electrons. The van der Waals surface area contributed by atoms with Crippen molar-refractivity contribution in [2.45, 2.75) is 12.5 Å². The molecule has 1 unspecified atom stereocenters. The maximum absolute atomic E-state index is 12.1. The molecular formula is C13H16N6O2. The van der Waals surface area contributed by atoms with Crippen molar-refractivity contribution in [3.05, 3.63) is 30.9 Å². The summed E-state index contributed by atoms with van der Waals surface area (Å²) in [4.78, 5) is 21.8. The highest BCUT2D eigenvalue weighted by Crippen LogP contribution is 2.17. The van der Waals surface area contributed by atoms with Crippen LogP contribution < -0.4 is 10.1 Å². The third-order valence-corrected chi connectivity index (χ3v) is 3.30. The second-order valence-electron chi connectivity index (χ2n) is 4.80. The lowest BCUT2D eigenvalue weighted by Crippen LogP contribution is -2.35. The number of ether oxygens (including phenoxy) is 1. The zero-order chi connectivity index (χ0) is 14.7. The van der Waals surface area contributed by atoms with Crippen LogP contribution in [0.4, 0.5) is 10.7 Å². The fourth-order valence-corrected chi connectivity index (χ4v) is 2.20. The molecule has 0 bridgehead atoms. The molecule has 0 spiro atoms. The first-order chi connectivity index (χ1) is 10.2. The van der Waals surface area contributed by atoms with E-state index in [1.807, 2.05) is 12.1 Å². The topological polar surface area (TPSA) is 85.2 Å². The minimum atomic E-state index is -0.191. The van der Waals surface area contributed by atoms with Crippen LogP contribution in [-0.4, -0.2) is 49.9 Å². The molecular weight excluding hydrogens is 272 g/mol. The number of pyridine rings is 1. The lowest BCUT2D eigenvalue weighted by molar-refractivity contribution is 0.194. The molecule has 0 radical (unpaired) electrons. The van der Waals surface area contributed by atoms with E-state index in [0.717, 1.165) is 12.2 Å². The molecule has 0 aliphatic carbocycles. The number of carbonyl (C=O) groups is 1. The molecule has 3 heterocycles. The van der Waals surface area contributed by atoms with Crippen LogP contribution >= 0.6 is 0 Å². The molecule has 1 N–H and O–H groups in total. The Labute approximate surface area is 121 Å². The molecule has 3 rings (SSSR count). The summed E-state index contributed by atoms with van der Waals surface area (Å²) < 4.78 is 7.31. The van der Waals surface area contributed by atoms with Gasteiger partial charge in [0, 0.05) is 26.2 Å². The number of aryl methyl sites for hydroxylation is 1. The van der Waals surface area contributed by atoms with Crippen LogP contribution in [0.25, 0.3) is 0 Å². The first-order valence-corrected chi connectivity index (χ1v) is 6.69. The zero-order valence-corrected chi connectivity index (χ0v) is 11.6. The van der Waals surface area contributed by atoms with E-state index in [2.05, 4.69) is 20.4 Å². The average molecular weight is 288 g/mol. The van der Waals surface area contributed by atoms with Gasteiger partial charge in [-0.25, -0.2) is 9.48 Å². The Bertz CT molecular complexity index is 614. The first kappa shape index (κ1) is 13.3. The van der Waals surface area contributed by atoms with Crippen molar-refractivity contribution in [2.24, 2.45) is 7.05 Å². The van der Waals surface area contributed by atoms with Crippen LogP contribution in [0.2, 0.25) is 0 Å². The van der Waals surface area contributed by atoms with E-state index >= 15 is 0 Å². The van der Waals surface area contributed by atoms with Gasteiger partial charge in [0.1, 0.15) is 18.2 Å². The van der Waals surface area contributed by atoms with Crippen LogP contribution in [0.1, 0.15) is 6.42 Å². The number of hydrogen-bond acceptors (Lipinski definition) is 5. The Morgan fingerprint density at radius 1 is 1.52 bits per heavy atom. The lowest BCUT2D eigenvalue weighted by Gasteiger charge is -2.17. The standard InChI is InChI=1S/C13H16N6O2/c1-18-12(15-9-16-18)17-13(20)19-6-4-11(8-19)21-10-3-2-5-14-7-10/h2-3,5,7,9,11H,4,6,8H2,1H3,(H,15,16,17,20). The van der Waals surface area contributed by atoms with Crippen LogP contribution in [-0.2, 0) is 7.05 Å². The van der Waals surface area contributed by atoms with Gasteiger partial charge in [0.25, 0.3) is 0 Å². The SMILES string of the molecule is Cn1ncnc1NC(=O)N1CCC(Oc2cccnc2)C1. The largest absolute Gasteiger partial charge is 0.487 e. The number of anilines is 1. The predicted octanol–water partition coefficient (Wildman–Crippen LogP) is 0.895. The number of rotatable bonds is 3. The average Bonchev–Trinajstić information content (AvgIpc) is 3.10.